The van der Waals surface area contributed by atoms with Crippen molar-refractivity contribution >= 4 is 17.0 Å². The second kappa shape index (κ2) is 11.3. The Bertz CT molecular complexity index is 1810. The van der Waals surface area contributed by atoms with Crippen molar-refractivity contribution in [3.05, 3.63) is 102 Å². The molecule has 202 valence electrons. The van der Waals surface area contributed by atoms with E-state index in [4.69, 9.17) is 23.7 Å². The molecular formula is C33H25N3O5. The van der Waals surface area contributed by atoms with E-state index in [1.54, 1.807) is 25.3 Å². The van der Waals surface area contributed by atoms with Gasteiger partial charge in [0.05, 0.1) is 12.6 Å². The van der Waals surface area contributed by atoms with Crippen molar-refractivity contribution in [3.8, 4) is 52.0 Å². The minimum absolute atomic E-state index is 0.156. The molecule has 0 atom stereocenters. The van der Waals surface area contributed by atoms with Crippen LogP contribution in [0, 0.1) is 18.3 Å². The maximum atomic E-state index is 10.3. The van der Waals surface area contributed by atoms with Crippen LogP contribution in [0.3, 0.4) is 0 Å². The quantitative estimate of drug-likeness (QED) is 0.205. The van der Waals surface area contributed by atoms with E-state index >= 15 is 0 Å². The molecule has 0 fully saturated rings. The van der Waals surface area contributed by atoms with Crippen molar-refractivity contribution in [1.29, 1.82) is 5.26 Å². The molecule has 8 nitrogen and oxygen atoms in total. The highest BCUT2D eigenvalue weighted by atomic mass is 16.7. The fourth-order valence-corrected chi connectivity index (χ4v) is 4.61. The fraction of sp³-hybridized carbons (Fsp3) is 0.121. The average Bonchev–Trinajstić information content (AvgIpc) is 3.48. The summed E-state index contributed by atoms with van der Waals surface area (Å²) in [4.78, 5) is 9.24. The van der Waals surface area contributed by atoms with Gasteiger partial charge in [-0.15, -0.1) is 0 Å². The number of fused-ring (bicyclic) bond motifs is 2. The zero-order valence-electron chi connectivity index (χ0n) is 22.5. The number of hydrogen-bond donors (Lipinski definition) is 0. The molecule has 0 aliphatic carbocycles. The molecule has 0 bridgehead atoms. The lowest BCUT2D eigenvalue weighted by molar-refractivity contribution is 0.174. The zero-order valence-corrected chi connectivity index (χ0v) is 22.5. The van der Waals surface area contributed by atoms with Gasteiger partial charge in [-0.25, -0.2) is 9.97 Å². The van der Waals surface area contributed by atoms with Crippen LogP contribution in [0.4, 0.5) is 0 Å². The first-order valence-electron chi connectivity index (χ1n) is 12.9. The molecule has 0 N–H and O–H groups in total. The summed E-state index contributed by atoms with van der Waals surface area (Å²) in [7, 11) is 1.61. The maximum Gasteiger partial charge on any atom is 0.238 e. The van der Waals surface area contributed by atoms with Crippen LogP contribution in [0.1, 0.15) is 16.8 Å². The van der Waals surface area contributed by atoms with Crippen molar-refractivity contribution in [1.82, 2.24) is 9.97 Å². The first-order valence-corrected chi connectivity index (χ1v) is 12.9. The number of methoxy groups -OCH3 is 1. The Morgan fingerprint density at radius 2 is 1.73 bits per heavy atom. The molecule has 5 aromatic rings. The second-order valence-corrected chi connectivity index (χ2v) is 9.18. The topological polar surface area (TPSA) is 95.7 Å². The van der Waals surface area contributed by atoms with Gasteiger partial charge in [-0.2, -0.15) is 5.26 Å². The van der Waals surface area contributed by atoms with Gasteiger partial charge in [0, 0.05) is 34.3 Å². The van der Waals surface area contributed by atoms with Gasteiger partial charge in [0.1, 0.15) is 29.7 Å². The summed E-state index contributed by atoms with van der Waals surface area (Å²) >= 11 is 0. The Balaban J connectivity index is 1.34. The lowest BCUT2D eigenvalue weighted by Crippen LogP contribution is -2.02. The number of ether oxygens (including phenoxy) is 5. The lowest BCUT2D eigenvalue weighted by Gasteiger charge is -2.16. The van der Waals surface area contributed by atoms with E-state index in [2.05, 4.69) is 16.0 Å². The van der Waals surface area contributed by atoms with Gasteiger partial charge in [-0.05, 0) is 55.0 Å². The van der Waals surface area contributed by atoms with Gasteiger partial charge >= 0.3 is 0 Å². The number of hydrogen-bond acceptors (Lipinski definition) is 8. The molecule has 0 amide bonds. The van der Waals surface area contributed by atoms with Gasteiger partial charge in [-0.3, -0.25) is 0 Å². The van der Waals surface area contributed by atoms with E-state index in [1.165, 1.54) is 0 Å². The normalized spacial score (nSPS) is 11.9. The van der Waals surface area contributed by atoms with Crippen molar-refractivity contribution in [2.24, 2.45) is 0 Å². The first-order chi connectivity index (χ1) is 20.1. The molecule has 0 radical (unpaired) electrons. The molecule has 0 unspecified atom stereocenters. The molecule has 1 aliphatic rings. The molecule has 0 saturated carbocycles. The van der Waals surface area contributed by atoms with Gasteiger partial charge in [0.2, 0.25) is 18.6 Å². The van der Waals surface area contributed by atoms with Crippen LogP contribution in [-0.4, -0.2) is 30.5 Å². The van der Waals surface area contributed by atoms with Gasteiger partial charge < -0.3 is 23.7 Å². The molecule has 1 aliphatic heterocycles. The monoisotopic (exact) mass is 543 g/mol. The van der Waals surface area contributed by atoms with E-state index < -0.39 is 0 Å². The molecular weight excluding hydrogens is 518 g/mol. The number of aromatic nitrogens is 2. The summed E-state index contributed by atoms with van der Waals surface area (Å²) in [6.45, 7) is 2.32. The summed E-state index contributed by atoms with van der Waals surface area (Å²) in [5.41, 5.74) is 4.15. The lowest BCUT2D eigenvalue weighted by atomic mass is 9.94. The van der Waals surface area contributed by atoms with Crippen LogP contribution >= 0.6 is 0 Å². The maximum absolute atomic E-state index is 10.3. The Morgan fingerprint density at radius 3 is 2.56 bits per heavy atom. The van der Waals surface area contributed by atoms with Crippen LogP contribution in [0.2, 0.25) is 0 Å². The summed E-state index contributed by atoms with van der Waals surface area (Å²) < 4.78 is 28.2. The molecule has 3 aromatic carbocycles. The number of benzene rings is 3. The van der Waals surface area contributed by atoms with E-state index in [9.17, 15) is 5.26 Å². The highest BCUT2D eigenvalue weighted by Crippen LogP contribution is 2.40. The highest BCUT2D eigenvalue weighted by molar-refractivity contribution is 5.83. The van der Waals surface area contributed by atoms with E-state index in [0.29, 0.717) is 45.7 Å². The number of aryl methyl sites for hydroxylation is 1. The van der Waals surface area contributed by atoms with Crippen LogP contribution in [-0.2, 0) is 0 Å². The molecule has 0 spiro atoms. The first kappa shape index (κ1) is 25.7. The van der Waals surface area contributed by atoms with Crippen molar-refractivity contribution in [2.45, 2.75) is 6.92 Å². The fourth-order valence-electron chi connectivity index (χ4n) is 4.61. The SMILES string of the molecule is COc1ccc(-c2c(C#N)c(Oc3ccc4c(c3)OCO4)nc(C)c2C=CCOc2ccc3ccccc3n2)cc1. The highest BCUT2D eigenvalue weighted by Gasteiger charge is 2.21. The van der Waals surface area contributed by atoms with Crippen molar-refractivity contribution in [2.75, 3.05) is 20.5 Å². The summed E-state index contributed by atoms with van der Waals surface area (Å²) in [5.74, 6) is 3.14. The third kappa shape index (κ3) is 5.34. The predicted molar refractivity (Wildman–Crippen MR) is 155 cm³/mol. The van der Waals surface area contributed by atoms with Gasteiger partial charge in [0.25, 0.3) is 0 Å². The Morgan fingerprint density at radius 1 is 0.927 bits per heavy atom. The number of nitriles is 1. The third-order valence-electron chi connectivity index (χ3n) is 6.63. The van der Waals surface area contributed by atoms with Crippen LogP contribution in [0.15, 0.2) is 84.9 Å². The predicted octanol–water partition coefficient (Wildman–Crippen LogP) is 7.10. The molecule has 2 aromatic heterocycles. The van der Waals surface area contributed by atoms with E-state index in [1.807, 2.05) is 79.7 Å². The number of pyridine rings is 2. The molecule has 6 rings (SSSR count). The van der Waals surface area contributed by atoms with Crippen molar-refractivity contribution in [3.63, 3.8) is 0 Å². The minimum atomic E-state index is 0.156. The molecule has 0 saturated heterocycles. The van der Waals surface area contributed by atoms with E-state index in [0.717, 1.165) is 22.0 Å². The summed E-state index contributed by atoms with van der Waals surface area (Å²) in [5, 5.41) is 11.4. The number of nitrogens with zero attached hydrogens (tertiary/aromatic N) is 3. The Labute approximate surface area is 237 Å². The third-order valence-corrected chi connectivity index (χ3v) is 6.63. The largest absolute Gasteiger partial charge is 0.497 e. The van der Waals surface area contributed by atoms with Crippen molar-refractivity contribution < 1.29 is 23.7 Å². The molecule has 41 heavy (non-hydrogen) atoms. The summed E-state index contributed by atoms with van der Waals surface area (Å²) in [6, 6.07) is 26.8. The van der Waals surface area contributed by atoms with Crippen LogP contribution in [0.5, 0.6) is 34.8 Å². The number of rotatable bonds is 8. The standard InChI is InChI=1S/C33H25N3O5/c1-21-26(7-5-17-38-31-16-11-22-6-3-4-8-28(22)36-31)32(23-9-12-24(37-2)13-10-23)27(19-34)33(35-21)41-25-14-15-29-30(18-25)40-20-39-29/h3-16,18H,17,20H2,1-2H3. The summed E-state index contributed by atoms with van der Waals surface area (Å²) in [6.07, 6.45) is 3.79. The average molecular weight is 544 g/mol. The minimum Gasteiger partial charge on any atom is -0.497 e. The second-order valence-electron chi connectivity index (χ2n) is 9.18. The molecule has 8 heteroatoms. The van der Waals surface area contributed by atoms with E-state index in [-0.39, 0.29) is 19.3 Å². The number of para-hydroxylation sites is 1. The van der Waals surface area contributed by atoms with Crippen LogP contribution in [0.25, 0.3) is 28.1 Å². The van der Waals surface area contributed by atoms with Gasteiger partial charge in [-0.1, -0.05) is 36.4 Å². The van der Waals surface area contributed by atoms with Gasteiger partial charge in [0.15, 0.2) is 11.5 Å². The van der Waals surface area contributed by atoms with Crippen LogP contribution < -0.4 is 23.7 Å². The Kier molecular flexibility index (Phi) is 7.08. The smallest absolute Gasteiger partial charge is 0.238 e. The Hall–Kier alpha value is -5.55. The molecule has 3 heterocycles. The zero-order chi connectivity index (χ0) is 28.2.